The number of hydrogen-bond donors (Lipinski definition) is 1. The van der Waals surface area contributed by atoms with E-state index in [0.29, 0.717) is 11.3 Å². The predicted octanol–water partition coefficient (Wildman–Crippen LogP) is 3.05. The van der Waals surface area contributed by atoms with E-state index in [1.807, 2.05) is 6.92 Å². The first-order valence-corrected chi connectivity index (χ1v) is 6.89. The summed E-state index contributed by atoms with van der Waals surface area (Å²) in [4.78, 5) is 0. The standard InChI is InChI=1S/C15H22FNO2/c1-11(17-10-12-6-3-4-9-19-12)15-13(16)7-5-8-14(15)18-2/h5,7-8,11-12,17H,3-4,6,9-10H2,1-2H3. The highest BCUT2D eigenvalue weighted by Crippen LogP contribution is 2.27. The van der Waals surface area contributed by atoms with Gasteiger partial charge in [0.05, 0.1) is 13.2 Å². The van der Waals surface area contributed by atoms with Gasteiger partial charge in [-0.15, -0.1) is 0 Å². The molecule has 2 atom stereocenters. The molecule has 0 spiro atoms. The Morgan fingerprint density at radius 2 is 2.32 bits per heavy atom. The van der Waals surface area contributed by atoms with Crippen LogP contribution in [0.15, 0.2) is 18.2 Å². The Hall–Kier alpha value is -1.13. The molecule has 19 heavy (non-hydrogen) atoms. The molecule has 2 unspecified atom stereocenters. The molecule has 1 N–H and O–H groups in total. The summed E-state index contributed by atoms with van der Waals surface area (Å²) in [5.41, 5.74) is 0.584. The molecule has 0 amide bonds. The first-order chi connectivity index (χ1) is 9.22. The lowest BCUT2D eigenvalue weighted by atomic mass is 10.0. The predicted molar refractivity (Wildman–Crippen MR) is 73.0 cm³/mol. The zero-order valence-corrected chi connectivity index (χ0v) is 11.6. The van der Waals surface area contributed by atoms with Crippen LogP contribution in [-0.2, 0) is 4.74 Å². The number of benzene rings is 1. The lowest BCUT2D eigenvalue weighted by Crippen LogP contribution is -2.33. The monoisotopic (exact) mass is 267 g/mol. The van der Waals surface area contributed by atoms with Crippen molar-refractivity contribution in [2.24, 2.45) is 0 Å². The van der Waals surface area contributed by atoms with E-state index in [1.54, 1.807) is 19.2 Å². The Kier molecular flexibility index (Phi) is 5.16. The van der Waals surface area contributed by atoms with Gasteiger partial charge in [0.2, 0.25) is 0 Å². The number of nitrogens with one attached hydrogen (secondary N) is 1. The van der Waals surface area contributed by atoms with Crippen molar-refractivity contribution in [3.05, 3.63) is 29.6 Å². The maximum absolute atomic E-state index is 13.9. The quantitative estimate of drug-likeness (QED) is 0.889. The Balaban J connectivity index is 1.97. The second-order valence-corrected chi connectivity index (χ2v) is 4.97. The summed E-state index contributed by atoms with van der Waals surface area (Å²) in [5, 5.41) is 3.34. The number of hydrogen-bond acceptors (Lipinski definition) is 3. The maximum Gasteiger partial charge on any atom is 0.131 e. The normalized spacial score (nSPS) is 21.1. The topological polar surface area (TPSA) is 30.5 Å². The molecule has 0 bridgehead atoms. The summed E-state index contributed by atoms with van der Waals surface area (Å²) < 4.78 is 24.8. The average molecular weight is 267 g/mol. The highest BCUT2D eigenvalue weighted by atomic mass is 19.1. The van der Waals surface area contributed by atoms with Gasteiger partial charge in [0.1, 0.15) is 11.6 Å². The van der Waals surface area contributed by atoms with Gasteiger partial charge in [0.25, 0.3) is 0 Å². The molecule has 0 aliphatic carbocycles. The highest BCUT2D eigenvalue weighted by molar-refractivity contribution is 5.36. The Bertz CT molecular complexity index is 405. The number of methoxy groups -OCH3 is 1. The van der Waals surface area contributed by atoms with Gasteiger partial charge in [0, 0.05) is 24.8 Å². The molecule has 3 nitrogen and oxygen atoms in total. The minimum Gasteiger partial charge on any atom is -0.496 e. The first kappa shape index (κ1) is 14.3. The summed E-state index contributed by atoms with van der Waals surface area (Å²) in [6.45, 7) is 3.53. The molecule has 1 aliphatic rings. The summed E-state index contributed by atoms with van der Waals surface area (Å²) >= 11 is 0. The Morgan fingerprint density at radius 3 is 3.00 bits per heavy atom. The van der Waals surface area contributed by atoms with Gasteiger partial charge in [-0.1, -0.05) is 6.07 Å². The van der Waals surface area contributed by atoms with Crippen molar-refractivity contribution in [2.75, 3.05) is 20.3 Å². The van der Waals surface area contributed by atoms with E-state index in [9.17, 15) is 4.39 Å². The van der Waals surface area contributed by atoms with Crippen molar-refractivity contribution in [1.82, 2.24) is 5.32 Å². The zero-order chi connectivity index (χ0) is 13.7. The third-order valence-corrected chi connectivity index (χ3v) is 3.59. The molecule has 106 valence electrons. The van der Waals surface area contributed by atoms with Gasteiger partial charge in [-0.3, -0.25) is 0 Å². The largest absolute Gasteiger partial charge is 0.496 e. The second kappa shape index (κ2) is 6.87. The molecule has 1 aliphatic heterocycles. The molecule has 1 fully saturated rings. The molecular weight excluding hydrogens is 245 g/mol. The lowest BCUT2D eigenvalue weighted by Gasteiger charge is -2.25. The van der Waals surface area contributed by atoms with Crippen LogP contribution in [0, 0.1) is 5.82 Å². The fraction of sp³-hybridized carbons (Fsp3) is 0.600. The first-order valence-electron chi connectivity index (χ1n) is 6.89. The van der Waals surface area contributed by atoms with Gasteiger partial charge >= 0.3 is 0 Å². The van der Waals surface area contributed by atoms with Crippen molar-refractivity contribution in [1.29, 1.82) is 0 Å². The van der Waals surface area contributed by atoms with Crippen molar-refractivity contribution in [3.8, 4) is 5.75 Å². The van der Waals surface area contributed by atoms with E-state index in [0.717, 1.165) is 26.0 Å². The lowest BCUT2D eigenvalue weighted by molar-refractivity contribution is 0.0155. The van der Waals surface area contributed by atoms with Gasteiger partial charge < -0.3 is 14.8 Å². The third kappa shape index (κ3) is 3.67. The number of rotatable bonds is 5. The molecule has 0 radical (unpaired) electrons. The zero-order valence-electron chi connectivity index (χ0n) is 11.6. The number of ether oxygens (including phenoxy) is 2. The molecule has 1 heterocycles. The molecule has 1 aromatic carbocycles. The third-order valence-electron chi connectivity index (χ3n) is 3.59. The molecule has 0 saturated carbocycles. The van der Waals surface area contributed by atoms with Crippen molar-refractivity contribution in [3.63, 3.8) is 0 Å². The average Bonchev–Trinajstić information content (AvgIpc) is 2.45. The maximum atomic E-state index is 13.9. The van der Waals surface area contributed by atoms with Crippen LogP contribution >= 0.6 is 0 Å². The van der Waals surface area contributed by atoms with E-state index in [4.69, 9.17) is 9.47 Å². The summed E-state index contributed by atoms with van der Waals surface area (Å²) in [6, 6.07) is 4.82. The highest BCUT2D eigenvalue weighted by Gasteiger charge is 2.19. The Labute approximate surface area is 114 Å². The smallest absolute Gasteiger partial charge is 0.131 e. The van der Waals surface area contributed by atoms with Crippen LogP contribution in [0.5, 0.6) is 5.75 Å². The van der Waals surface area contributed by atoms with Crippen molar-refractivity contribution >= 4 is 0 Å². The van der Waals surface area contributed by atoms with Gasteiger partial charge in [-0.2, -0.15) is 0 Å². The second-order valence-electron chi connectivity index (χ2n) is 4.97. The molecule has 2 rings (SSSR count). The van der Waals surface area contributed by atoms with Gasteiger partial charge in [-0.05, 0) is 38.3 Å². The summed E-state index contributed by atoms with van der Waals surface area (Å²) in [7, 11) is 1.56. The van der Waals surface area contributed by atoms with E-state index in [2.05, 4.69) is 5.32 Å². The van der Waals surface area contributed by atoms with E-state index in [-0.39, 0.29) is 18.0 Å². The van der Waals surface area contributed by atoms with Crippen LogP contribution < -0.4 is 10.1 Å². The van der Waals surface area contributed by atoms with E-state index < -0.39 is 0 Å². The summed E-state index contributed by atoms with van der Waals surface area (Å²) in [5.74, 6) is 0.355. The molecular formula is C15H22FNO2. The van der Waals surface area contributed by atoms with Crippen LogP contribution in [0.3, 0.4) is 0 Å². The molecule has 1 saturated heterocycles. The fourth-order valence-corrected chi connectivity index (χ4v) is 2.49. The van der Waals surface area contributed by atoms with Gasteiger partial charge in [0.15, 0.2) is 0 Å². The fourth-order valence-electron chi connectivity index (χ4n) is 2.49. The van der Waals surface area contributed by atoms with Crippen LogP contribution in [0.1, 0.15) is 37.8 Å². The van der Waals surface area contributed by atoms with Crippen LogP contribution in [0.25, 0.3) is 0 Å². The van der Waals surface area contributed by atoms with Crippen LogP contribution in [0.2, 0.25) is 0 Å². The van der Waals surface area contributed by atoms with Crippen molar-refractivity contribution in [2.45, 2.75) is 38.3 Å². The van der Waals surface area contributed by atoms with Crippen LogP contribution in [0.4, 0.5) is 4.39 Å². The van der Waals surface area contributed by atoms with E-state index >= 15 is 0 Å². The van der Waals surface area contributed by atoms with E-state index in [1.165, 1.54) is 12.5 Å². The Morgan fingerprint density at radius 1 is 1.47 bits per heavy atom. The van der Waals surface area contributed by atoms with Crippen LogP contribution in [-0.4, -0.2) is 26.4 Å². The van der Waals surface area contributed by atoms with Crippen molar-refractivity contribution < 1.29 is 13.9 Å². The summed E-state index contributed by atoms with van der Waals surface area (Å²) in [6.07, 6.45) is 3.68. The minimum atomic E-state index is -0.232. The molecule has 1 aromatic rings. The number of halogens is 1. The molecule has 4 heteroatoms. The minimum absolute atomic E-state index is 0.0957. The SMILES string of the molecule is COc1cccc(F)c1C(C)NCC1CCCCO1. The molecule has 0 aromatic heterocycles. The van der Waals surface area contributed by atoms with Gasteiger partial charge in [-0.25, -0.2) is 4.39 Å².